The van der Waals surface area contributed by atoms with Crippen molar-refractivity contribution >= 4 is 5.97 Å². The van der Waals surface area contributed by atoms with Gasteiger partial charge in [0.05, 0.1) is 6.61 Å². The molecule has 3 heteroatoms. The van der Waals surface area contributed by atoms with Gasteiger partial charge in [0, 0.05) is 0 Å². The van der Waals surface area contributed by atoms with Gasteiger partial charge in [-0.25, -0.2) is 4.79 Å². The minimum absolute atomic E-state index is 0.183. The van der Waals surface area contributed by atoms with Gasteiger partial charge < -0.3 is 9.84 Å². The molecule has 0 unspecified atom stereocenters. The highest BCUT2D eigenvalue weighted by Gasteiger charge is 2.01. The summed E-state index contributed by atoms with van der Waals surface area (Å²) in [7, 11) is 0. The molecule has 0 aromatic heterocycles. The van der Waals surface area contributed by atoms with Gasteiger partial charge in [0.1, 0.15) is 0 Å². The van der Waals surface area contributed by atoms with Crippen LogP contribution in [-0.4, -0.2) is 17.7 Å². The molecule has 0 atom stereocenters. The molecule has 9 heavy (non-hydrogen) atoms. The Bertz CT molecular complexity index is 117. The second-order valence-corrected chi connectivity index (χ2v) is 1.58. The zero-order chi connectivity index (χ0) is 7.28. The Kier molecular flexibility index (Phi) is 3.51. The molecule has 0 rings (SSSR count). The standard InChI is InChI=1S/C6H10O3/c1-3-4-9-5(2)6(7)8/h2-4H2,1H3,(H,7,8). The molecule has 52 valence electrons. The molecule has 0 aliphatic carbocycles. The largest absolute Gasteiger partial charge is 0.487 e. The van der Waals surface area contributed by atoms with Crippen LogP contribution in [0.25, 0.3) is 0 Å². The van der Waals surface area contributed by atoms with Crippen LogP contribution in [0.4, 0.5) is 0 Å². The van der Waals surface area contributed by atoms with Crippen LogP contribution in [-0.2, 0) is 9.53 Å². The average molecular weight is 130 g/mol. The number of ether oxygens (including phenoxy) is 1. The van der Waals surface area contributed by atoms with Crippen LogP contribution in [0.1, 0.15) is 13.3 Å². The monoisotopic (exact) mass is 130 g/mol. The van der Waals surface area contributed by atoms with E-state index in [9.17, 15) is 4.79 Å². The first-order valence-corrected chi connectivity index (χ1v) is 2.73. The molecule has 0 aromatic carbocycles. The summed E-state index contributed by atoms with van der Waals surface area (Å²) in [6.07, 6.45) is 0.798. The van der Waals surface area contributed by atoms with Crippen LogP contribution in [0.15, 0.2) is 12.3 Å². The van der Waals surface area contributed by atoms with Gasteiger partial charge in [0.15, 0.2) is 5.76 Å². The van der Waals surface area contributed by atoms with Crippen molar-refractivity contribution in [3.05, 3.63) is 12.3 Å². The molecule has 0 radical (unpaired) electrons. The first-order chi connectivity index (χ1) is 4.18. The zero-order valence-corrected chi connectivity index (χ0v) is 5.39. The van der Waals surface area contributed by atoms with Crippen molar-refractivity contribution in [2.24, 2.45) is 0 Å². The van der Waals surface area contributed by atoms with Gasteiger partial charge in [-0.15, -0.1) is 0 Å². The van der Waals surface area contributed by atoms with E-state index in [-0.39, 0.29) is 5.76 Å². The molecule has 0 spiro atoms. The molecule has 0 saturated heterocycles. The first-order valence-electron chi connectivity index (χ1n) is 2.73. The summed E-state index contributed by atoms with van der Waals surface area (Å²) in [6, 6.07) is 0. The van der Waals surface area contributed by atoms with Crippen molar-refractivity contribution in [2.45, 2.75) is 13.3 Å². The van der Waals surface area contributed by atoms with Gasteiger partial charge in [0.25, 0.3) is 0 Å². The van der Waals surface area contributed by atoms with Crippen molar-refractivity contribution < 1.29 is 14.6 Å². The maximum absolute atomic E-state index is 9.98. The zero-order valence-electron chi connectivity index (χ0n) is 5.39. The minimum Gasteiger partial charge on any atom is -0.487 e. The van der Waals surface area contributed by atoms with E-state index in [1.807, 2.05) is 6.92 Å². The van der Waals surface area contributed by atoms with E-state index in [1.54, 1.807) is 0 Å². The molecule has 0 fully saturated rings. The van der Waals surface area contributed by atoms with Crippen molar-refractivity contribution in [1.82, 2.24) is 0 Å². The highest BCUT2D eigenvalue weighted by Crippen LogP contribution is 1.93. The lowest BCUT2D eigenvalue weighted by Gasteiger charge is -2.00. The van der Waals surface area contributed by atoms with Crippen molar-refractivity contribution in [1.29, 1.82) is 0 Å². The predicted molar refractivity (Wildman–Crippen MR) is 33.0 cm³/mol. The summed E-state index contributed by atoms with van der Waals surface area (Å²) in [4.78, 5) is 9.98. The molecule has 0 aromatic rings. The SMILES string of the molecule is C=C(OCCC)C(=O)O. The predicted octanol–water partition coefficient (Wildman–Crippen LogP) is 1.01. The van der Waals surface area contributed by atoms with E-state index in [2.05, 4.69) is 11.3 Å². The molecular formula is C6H10O3. The lowest BCUT2D eigenvalue weighted by molar-refractivity contribution is -0.136. The molecular weight excluding hydrogens is 120 g/mol. The number of carbonyl (C=O) groups is 1. The first kappa shape index (κ1) is 8.01. The third-order valence-electron chi connectivity index (χ3n) is 0.719. The number of hydrogen-bond acceptors (Lipinski definition) is 2. The van der Waals surface area contributed by atoms with Crippen LogP contribution in [0.2, 0.25) is 0 Å². The van der Waals surface area contributed by atoms with E-state index in [4.69, 9.17) is 5.11 Å². The molecule has 0 bridgehead atoms. The fourth-order valence-corrected chi connectivity index (χ4v) is 0.287. The second-order valence-electron chi connectivity index (χ2n) is 1.58. The van der Waals surface area contributed by atoms with Crippen molar-refractivity contribution in [2.75, 3.05) is 6.61 Å². The van der Waals surface area contributed by atoms with Crippen LogP contribution >= 0.6 is 0 Å². The topological polar surface area (TPSA) is 46.5 Å². The maximum Gasteiger partial charge on any atom is 0.370 e. The Morgan fingerprint density at radius 3 is 2.67 bits per heavy atom. The molecule has 0 heterocycles. The third-order valence-corrected chi connectivity index (χ3v) is 0.719. The lowest BCUT2D eigenvalue weighted by Crippen LogP contribution is -2.03. The number of hydrogen-bond donors (Lipinski definition) is 1. The summed E-state index contributed by atoms with van der Waals surface area (Å²) in [5, 5.41) is 8.18. The van der Waals surface area contributed by atoms with Crippen LogP contribution < -0.4 is 0 Å². The average Bonchev–Trinajstić information content (AvgIpc) is 1.82. The maximum atomic E-state index is 9.98. The number of rotatable bonds is 4. The van der Waals surface area contributed by atoms with Gasteiger partial charge in [-0.2, -0.15) is 0 Å². The fraction of sp³-hybridized carbons (Fsp3) is 0.500. The van der Waals surface area contributed by atoms with Crippen molar-refractivity contribution in [3.8, 4) is 0 Å². The number of aliphatic carboxylic acids is 1. The smallest absolute Gasteiger partial charge is 0.370 e. The highest BCUT2D eigenvalue weighted by atomic mass is 16.5. The van der Waals surface area contributed by atoms with E-state index < -0.39 is 5.97 Å². The number of carboxylic acid groups (broad SMARTS) is 1. The summed E-state index contributed by atoms with van der Waals surface area (Å²) < 4.78 is 4.66. The van der Waals surface area contributed by atoms with E-state index in [0.29, 0.717) is 6.61 Å². The van der Waals surface area contributed by atoms with Gasteiger partial charge >= 0.3 is 5.97 Å². The van der Waals surface area contributed by atoms with Gasteiger partial charge in [0.2, 0.25) is 0 Å². The van der Waals surface area contributed by atoms with E-state index in [1.165, 1.54) is 0 Å². The summed E-state index contributed by atoms with van der Waals surface area (Å²) >= 11 is 0. The quantitative estimate of drug-likeness (QED) is 0.456. The third kappa shape index (κ3) is 3.58. The Morgan fingerprint density at radius 2 is 2.33 bits per heavy atom. The second kappa shape index (κ2) is 3.95. The van der Waals surface area contributed by atoms with Gasteiger partial charge in [-0.3, -0.25) is 0 Å². The highest BCUT2D eigenvalue weighted by molar-refractivity contribution is 5.83. The van der Waals surface area contributed by atoms with E-state index >= 15 is 0 Å². The fourth-order valence-electron chi connectivity index (χ4n) is 0.287. The molecule has 0 aliphatic heterocycles. The molecule has 0 amide bonds. The summed E-state index contributed by atoms with van der Waals surface area (Å²) in [5.74, 6) is -1.28. The van der Waals surface area contributed by atoms with Gasteiger partial charge in [-0.1, -0.05) is 6.92 Å². The molecule has 1 N–H and O–H groups in total. The summed E-state index contributed by atoms with van der Waals surface area (Å²) in [5.41, 5.74) is 0. The Labute approximate surface area is 53.9 Å². The number of carboxylic acids is 1. The summed E-state index contributed by atoms with van der Waals surface area (Å²) in [6.45, 7) is 5.49. The lowest BCUT2D eigenvalue weighted by atomic mass is 10.5. The van der Waals surface area contributed by atoms with Gasteiger partial charge in [-0.05, 0) is 13.0 Å². The molecule has 0 aliphatic rings. The van der Waals surface area contributed by atoms with Crippen LogP contribution in [0.5, 0.6) is 0 Å². The van der Waals surface area contributed by atoms with Crippen LogP contribution in [0, 0.1) is 0 Å². The Balaban J connectivity index is 3.39. The van der Waals surface area contributed by atoms with E-state index in [0.717, 1.165) is 6.42 Å². The minimum atomic E-state index is -1.09. The van der Waals surface area contributed by atoms with Crippen LogP contribution in [0.3, 0.4) is 0 Å². The Hall–Kier alpha value is -0.990. The molecule has 3 nitrogen and oxygen atoms in total. The normalized spacial score (nSPS) is 8.56. The van der Waals surface area contributed by atoms with Crippen molar-refractivity contribution in [3.63, 3.8) is 0 Å². The molecule has 0 saturated carbocycles. The Morgan fingerprint density at radius 1 is 1.78 bits per heavy atom.